The van der Waals surface area contributed by atoms with Gasteiger partial charge in [0.1, 0.15) is 0 Å². The molecule has 8 heavy (non-hydrogen) atoms. The monoisotopic (exact) mass is 111 g/mol. The van der Waals surface area contributed by atoms with E-state index in [1.807, 2.05) is 0 Å². The summed E-state index contributed by atoms with van der Waals surface area (Å²) in [5.74, 6) is 0. The van der Waals surface area contributed by atoms with Crippen molar-refractivity contribution >= 4 is 0 Å². The summed E-state index contributed by atoms with van der Waals surface area (Å²) < 4.78 is 0. The van der Waals surface area contributed by atoms with Gasteiger partial charge in [0, 0.05) is 0 Å². The number of hydrogen-bond acceptors (Lipinski definition) is 0. The third-order valence-corrected chi connectivity index (χ3v) is 1.56. The van der Waals surface area contributed by atoms with Crippen LogP contribution >= 0.6 is 0 Å². The van der Waals surface area contributed by atoms with Crippen molar-refractivity contribution in [2.45, 2.75) is 33.6 Å². The van der Waals surface area contributed by atoms with Crippen LogP contribution in [0.4, 0.5) is 0 Å². The zero-order chi connectivity index (χ0) is 6.57. The van der Waals surface area contributed by atoms with Crippen molar-refractivity contribution in [3.05, 3.63) is 18.1 Å². The molecule has 0 aromatic heterocycles. The number of rotatable bonds is 2. The molecule has 47 valence electrons. The van der Waals surface area contributed by atoms with E-state index in [0.29, 0.717) is 0 Å². The fraction of sp³-hybridized carbons (Fsp3) is 0.625. The zero-order valence-electron chi connectivity index (χ0n) is 6.12. The Kier molecular flexibility index (Phi) is 3.59. The number of hydrogen-bond donors (Lipinski definition) is 0. The molecule has 0 amide bonds. The molecule has 0 aliphatic carbocycles. The van der Waals surface area contributed by atoms with E-state index >= 15 is 0 Å². The van der Waals surface area contributed by atoms with Crippen molar-refractivity contribution < 1.29 is 0 Å². The van der Waals surface area contributed by atoms with Crippen LogP contribution in [-0.2, 0) is 0 Å². The summed E-state index contributed by atoms with van der Waals surface area (Å²) in [6.07, 6.45) is 2.24. The molecule has 0 atom stereocenters. The second-order valence-electron chi connectivity index (χ2n) is 2.09. The molecule has 0 saturated carbocycles. The molecular formula is C8H15. The largest absolute Gasteiger partial charge is 0.0744 e. The van der Waals surface area contributed by atoms with Crippen molar-refractivity contribution in [2.24, 2.45) is 0 Å². The van der Waals surface area contributed by atoms with Crippen molar-refractivity contribution in [1.82, 2.24) is 0 Å². The first-order valence-electron chi connectivity index (χ1n) is 3.22. The summed E-state index contributed by atoms with van der Waals surface area (Å²) in [5.41, 5.74) is 2.74. The molecular weight excluding hydrogens is 96.1 g/mol. The normalized spacial score (nSPS) is 13.5. The smallest absolute Gasteiger partial charge is 0.0280 e. The molecule has 0 aromatic carbocycles. The molecule has 0 heterocycles. The minimum absolute atomic E-state index is 1.10. The van der Waals surface area contributed by atoms with Crippen molar-refractivity contribution in [3.8, 4) is 0 Å². The lowest BCUT2D eigenvalue weighted by atomic mass is 10.1. The highest BCUT2D eigenvalue weighted by Crippen LogP contribution is 2.08. The maximum atomic E-state index is 3.91. The molecule has 0 unspecified atom stereocenters. The molecule has 0 aromatic rings. The van der Waals surface area contributed by atoms with E-state index < -0.39 is 0 Å². The summed E-state index contributed by atoms with van der Waals surface area (Å²) in [6.45, 7) is 10.4. The summed E-state index contributed by atoms with van der Waals surface area (Å²) in [5, 5.41) is 0. The highest BCUT2D eigenvalue weighted by molar-refractivity contribution is 5.13. The average Bonchev–Trinajstić information content (AvgIpc) is 1.84. The van der Waals surface area contributed by atoms with Gasteiger partial charge in [-0.15, -0.1) is 0 Å². The van der Waals surface area contributed by atoms with Crippen molar-refractivity contribution in [2.75, 3.05) is 0 Å². The third kappa shape index (κ3) is 2.15. The topological polar surface area (TPSA) is 0 Å². The lowest BCUT2D eigenvalue weighted by Gasteiger charge is -1.99. The molecule has 0 rings (SSSR count). The van der Waals surface area contributed by atoms with E-state index in [4.69, 9.17) is 0 Å². The molecule has 0 fully saturated rings. The van der Waals surface area contributed by atoms with E-state index in [-0.39, 0.29) is 0 Å². The van der Waals surface area contributed by atoms with E-state index in [0.717, 1.165) is 12.8 Å². The fourth-order valence-electron chi connectivity index (χ4n) is 0.552. The second-order valence-corrected chi connectivity index (χ2v) is 2.09. The Labute approximate surface area is 52.6 Å². The van der Waals surface area contributed by atoms with E-state index in [2.05, 4.69) is 27.7 Å². The molecule has 0 bridgehead atoms. The average molecular weight is 111 g/mol. The first-order chi connectivity index (χ1) is 3.72. The van der Waals surface area contributed by atoms with Crippen LogP contribution in [0.5, 0.6) is 0 Å². The Balaban J connectivity index is 3.83. The SMILES string of the molecule is [CH2]/C(CC)=C(/C)CC. The Morgan fingerprint density at radius 1 is 1.25 bits per heavy atom. The van der Waals surface area contributed by atoms with Gasteiger partial charge < -0.3 is 0 Å². The lowest BCUT2D eigenvalue weighted by Crippen LogP contribution is -1.79. The van der Waals surface area contributed by atoms with Crippen molar-refractivity contribution in [3.63, 3.8) is 0 Å². The van der Waals surface area contributed by atoms with Crippen LogP contribution in [0, 0.1) is 6.92 Å². The van der Waals surface area contributed by atoms with Gasteiger partial charge in [-0.2, -0.15) is 0 Å². The Bertz CT molecular complexity index is 76.2. The maximum Gasteiger partial charge on any atom is -0.0280 e. The van der Waals surface area contributed by atoms with Gasteiger partial charge in [0.05, 0.1) is 0 Å². The zero-order valence-corrected chi connectivity index (χ0v) is 6.12. The third-order valence-electron chi connectivity index (χ3n) is 1.56. The summed E-state index contributed by atoms with van der Waals surface area (Å²) >= 11 is 0. The van der Waals surface area contributed by atoms with Crippen LogP contribution in [0.1, 0.15) is 33.6 Å². The van der Waals surface area contributed by atoms with Gasteiger partial charge in [-0.25, -0.2) is 0 Å². The van der Waals surface area contributed by atoms with Gasteiger partial charge in [-0.3, -0.25) is 0 Å². The Hall–Kier alpha value is -0.260. The molecule has 0 spiro atoms. The predicted molar refractivity (Wildman–Crippen MR) is 38.6 cm³/mol. The van der Waals surface area contributed by atoms with Gasteiger partial charge in [-0.05, 0) is 26.7 Å². The molecule has 0 heteroatoms. The van der Waals surface area contributed by atoms with Crippen LogP contribution in [0.25, 0.3) is 0 Å². The fourth-order valence-corrected chi connectivity index (χ4v) is 0.552. The van der Waals surface area contributed by atoms with Crippen molar-refractivity contribution in [1.29, 1.82) is 0 Å². The highest BCUT2D eigenvalue weighted by atomic mass is 13.9. The van der Waals surface area contributed by atoms with Gasteiger partial charge >= 0.3 is 0 Å². The lowest BCUT2D eigenvalue weighted by molar-refractivity contribution is 1.01. The quantitative estimate of drug-likeness (QED) is 0.514. The first-order valence-corrected chi connectivity index (χ1v) is 3.22. The molecule has 0 aliphatic rings. The van der Waals surface area contributed by atoms with Gasteiger partial charge in [0.25, 0.3) is 0 Å². The molecule has 0 saturated heterocycles. The van der Waals surface area contributed by atoms with Crippen LogP contribution in [0.3, 0.4) is 0 Å². The van der Waals surface area contributed by atoms with E-state index in [9.17, 15) is 0 Å². The van der Waals surface area contributed by atoms with Crippen LogP contribution in [0.2, 0.25) is 0 Å². The maximum absolute atomic E-state index is 3.91. The van der Waals surface area contributed by atoms with Gasteiger partial charge in [0.2, 0.25) is 0 Å². The summed E-state index contributed by atoms with van der Waals surface area (Å²) in [4.78, 5) is 0. The number of allylic oxidation sites excluding steroid dienone is 2. The summed E-state index contributed by atoms with van der Waals surface area (Å²) in [7, 11) is 0. The predicted octanol–water partition coefficient (Wildman–Crippen LogP) is 2.96. The Morgan fingerprint density at radius 3 is 1.88 bits per heavy atom. The molecule has 0 nitrogen and oxygen atoms in total. The molecule has 1 radical (unpaired) electrons. The highest BCUT2D eigenvalue weighted by Gasteiger charge is 1.88. The van der Waals surface area contributed by atoms with Crippen LogP contribution in [-0.4, -0.2) is 0 Å². The Morgan fingerprint density at radius 2 is 1.75 bits per heavy atom. The first kappa shape index (κ1) is 7.74. The molecule has 0 N–H and O–H groups in total. The minimum Gasteiger partial charge on any atom is -0.0744 e. The molecule has 0 aliphatic heterocycles. The van der Waals surface area contributed by atoms with Crippen LogP contribution in [0.15, 0.2) is 11.1 Å². The van der Waals surface area contributed by atoms with Gasteiger partial charge in [0.15, 0.2) is 0 Å². The standard InChI is InChI=1S/C8H15/c1-5-7(3)8(4)6-2/h3,5-6H2,1-2,4H3/b8-7+. The summed E-state index contributed by atoms with van der Waals surface area (Å²) in [6, 6.07) is 0. The van der Waals surface area contributed by atoms with E-state index in [1.165, 1.54) is 11.1 Å². The van der Waals surface area contributed by atoms with Crippen LogP contribution < -0.4 is 0 Å². The van der Waals surface area contributed by atoms with Gasteiger partial charge in [-0.1, -0.05) is 25.0 Å². The second kappa shape index (κ2) is 3.71. The van der Waals surface area contributed by atoms with E-state index in [1.54, 1.807) is 0 Å². The minimum atomic E-state index is 1.10.